The van der Waals surface area contributed by atoms with Crippen molar-refractivity contribution >= 4 is 5.95 Å². The van der Waals surface area contributed by atoms with Crippen LogP contribution in [0.4, 0.5) is 5.95 Å². The van der Waals surface area contributed by atoms with Crippen LogP contribution < -0.4 is 19.7 Å². The maximum Gasteiger partial charge on any atom is 0.225 e. The normalized spacial score (nSPS) is 20.9. The molecule has 5 rings (SSSR count). The van der Waals surface area contributed by atoms with Crippen LogP contribution >= 0.6 is 0 Å². The third kappa shape index (κ3) is 3.95. The van der Waals surface area contributed by atoms with Gasteiger partial charge in [-0.05, 0) is 37.1 Å². The molecular formula is C22H26N6O2. The van der Waals surface area contributed by atoms with Crippen LogP contribution in [0.2, 0.25) is 0 Å². The van der Waals surface area contributed by atoms with Crippen molar-refractivity contribution in [2.45, 2.75) is 25.4 Å². The Morgan fingerprint density at radius 1 is 1.10 bits per heavy atom. The summed E-state index contributed by atoms with van der Waals surface area (Å²) in [6.45, 7) is 5.03. The van der Waals surface area contributed by atoms with Crippen molar-refractivity contribution in [3.63, 3.8) is 0 Å². The first kappa shape index (κ1) is 18.9. The van der Waals surface area contributed by atoms with Crippen LogP contribution in [0.15, 0.2) is 42.9 Å². The SMILES string of the molecule is Cc1ccc2c(c1)OCC(NC1CCN(c3nccc(-c4cnn(C)c4)n3)C1)CO2. The standard InChI is InChI=1S/C22H26N6O2/c1-15-3-4-20-21(9-15)30-14-18(13-29-20)25-17-6-8-28(12-17)22-23-7-5-19(26-22)16-10-24-27(2)11-16/h3-5,7,9-11,17-18,25H,6,8,12-14H2,1-2H3. The van der Waals surface area contributed by atoms with E-state index in [9.17, 15) is 0 Å². The molecule has 0 radical (unpaired) electrons. The molecule has 0 amide bonds. The van der Waals surface area contributed by atoms with Crippen LogP contribution in [0.3, 0.4) is 0 Å². The Morgan fingerprint density at radius 3 is 2.80 bits per heavy atom. The average molecular weight is 406 g/mol. The fraction of sp³-hybridized carbons (Fsp3) is 0.409. The van der Waals surface area contributed by atoms with Gasteiger partial charge in [-0.25, -0.2) is 9.97 Å². The molecule has 156 valence electrons. The number of nitrogens with one attached hydrogen (secondary N) is 1. The van der Waals surface area contributed by atoms with Crippen molar-refractivity contribution in [3.05, 3.63) is 48.4 Å². The second-order valence-electron chi connectivity index (χ2n) is 8.01. The minimum Gasteiger partial charge on any atom is -0.488 e. The zero-order valence-corrected chi connectivity index (χ0v) is 17.3. The van der Waals surface area contributed by atoms with E-state index in [1.807, 2.05) is 49.9 Å². The van der Waals surface area contributed by atoms with Gasteiger partial charge in [-0.15, -0.1) is 0 Å². The highest BCUT2D eigenvalue weighted by Crippen LogP contribution is 2.30. The van der Waals surface area contributed by atoms with Crippen LogP contribution in [0.1, 0.15) is 12.0 Å². The molecule has 8 nitrogen and oxygen atoms in total. The molecule has 1 fully saturated rings. The fourth-order valence-corrected chi connectivity index (χ4v) is 4.00. The van der Waals surface area contributed by atoms with Gasteiger partial charge in [0.2, 0.25) is 5.95 Å². The minimum absolute atomic E-state index is 0.144. The zero-order chi connectivity index (χ0) is 20.5. The predicted octanol–water partition coefficient (Wildman–Crippen LogP) is 2.19. The first-order valence-electron chi connectivity index (χ1n) is 10.3. The lowest BCUT2D eigenvalue weighted by Gasteiger charge is -2.21. The highest BCUT2D eigenvalue weighted by atomic mass is 16.5. The number of benzene rings is 1. The maximum atomic E-state index is 6.00. The van der Waals surface area contributed by atoms with Gasteiger partial charge in [0.05, 0.1) is 17.9 Å². The molecule has 0 bridgehead atoms. The van der Waals surface area contributed by atoms with E-state index >= 15 is 0 Å². The van der Waals surface area contributed by atoms with E-state index in [0.29, 0.717) is 19.3 Å². The summed E-state index contributed by atoms with van der Waals surface area (Å²) in [6.07, 6.45) is 6.64. The zero-order valence-electron chi connectivity index (χ0n) is 17.3. The Morgan fingerprint density at radius 2 is 1.97 bits per heavy atom. The molecule has 2 aliphatic heterocycles. The van der Waals surface area contributed by atoms with Gasteiger partial charge in [0.15, 0.2) is 11.5 Å². The van der Waals surface area contributed by atoms with Crippen LogP contribution in [0.5, 0.6) is 11.5 Å². The van der Waals surface area contributed by atoms with Crippen LogP contribution in [0.25, 0.3) is 11.3 Å². The second kappa shape index (κ2) is 7.95. The summed E-state index contributed by atoms with van der Waals surface area (Å²) in [5.74, 6) is 2.41. The quantitative estimate of drug-likeness (QED) is 0.712. The first-order valence-corrected chi connectivity index (χ1v) is 10.3. The van der Waals surface area contributed by atoms with Gasteiger partial charge >= 0.3 is 0 Å². The van der Waals surface area contributed by atoms with E-state index in [1.165, 1.54) is 5.56 Å². The second-order valence-corrected chi connectivity index (χ2v) is 8.01. The lowest BCUT2D eigenvalue weighted by molar-refractivity contribution is 0.223. The Balaban J connectivity index is 1.21. The van der Waals surface area contributed by atoms with Crippen LogP contribution in [-0.4, -0.2) is 58.1 Å². The summed E-state index contributed by atoms with van der Waals surface area (Å²) in [7, 11) is 1.91. The molecule has 0 saturated carbocycles. The van der Waals surface area contributed by atoms with Crippen LogP contribution in [0, 0.1) is 6.92 Å². The number of hydrogen-bond donors (Lipinski definition) is 1. The Kier molecular flexibility index (Phi) is 5.00. The van der Waals surface area contributed by atoms with Gasteiger partial charge in [-0.3, -0.25) is 4.68 Å². The Bertz CT molecular complexity index is 1040. The highest BCUT2D eigenvalue weighted by Gasteiger charge is 2.28. The summed E-state index contributed by atoms with van der Waals surface area (Å²) in [4.78, 5) is 11.5. The number of rotatable bonds is 4. The third-order valence-electron chi connectivity index (χ3n) is 5.57. The van der Waals surface area contributed by atoms with Crippen molar-refractivity contribution in [3.8, 4) is 22.8 Å². The van der Waals surface area contributed by atoms with Gasteiger partial charge in [-0.2, -0.15) is 5.10 Å². The van der Waals surface area contributed by atoms with Gasteiger partial charge in [-0.1, -0.05) is 6.07 Å². The molecule has 30 heavy (non-hydrogen) atoms. The number of hydrogen-bond acceptors (Lipinski definition) is 7. The molecule has 1 N–H and O–H groups in total. The van der Waals surface area contributed by atoms with E-state index < -0.39 is 0 Å². The molecule has 2 unspecified atom stereocenters. The van der Waals surface area contributed by atoms with Crippen molar-refractivity contribution in [1.29, 1.82) is 0 Å². The molecule has 8 heteroatoms. The molecule has 2 aromatic heterocycles. The highest BCUT2D eigenvalue weighted by molar-refractivity contribution is 5.58. The molecular weight excluding hydrogens is 380 g/mol. The summed E-state index contributed by atoms with van der Waals surface area (Å²) in [6, 6.07) is 8.47. The maximum absolute atomic E-state index is 6.00. The number of anilines is 1. The summed E-state index contributed by atoms with van der Waals surface area (Å²) in [5, 5.41) is 7.93. The molecule has 2 aliphatic rings. The van der Waals surface area contributed by atoms with E-state index in [-0.39, 0.29) is 6.04 Å². The summed E-state index contributed by atoms with van der Waals surface area (Å²) < 4.78 is 13.7. The number of aromatic nitrogens is 4. The Hall–Kier alpha value is -3.13. The molecule has 4 heterocycles. The topological polar surface area (TPSA) is 77.3 Å². The van der Waals surface area contributed by atoms with Crippen molar-refractivity contribution < 1.29 is 9.47 Å². The van der Waals surface area contributed by atoms with Crippen LogP contribution in [-0.2, 0) is 7.05 Å². The van der Waals surface area contributed by atoms with Crippen molar-refractivity contribution in [1.82, 2.24) is 25.1 Å². The van der Waals surface area contributed by atoms with Crippen molar-refractivity contribution in [2.75, 3.05) is 31.2 Å². The van der Waals surface area contributed by atoms with Gasteiger partial charge in [0.1, 0.15) is 13.2 Å². The van der Waals surface area contributed by atoms with Gasteiger partial charge < -0.3 is 19.7 Å². The molecule has 2 atom stereocenters. The van der Waals surface area contributed by atoms with E-state index in [2.05, 4.69) is 27.2 Å². The molecule has 3 aromatic rings. The smallest absolute Gasteiger partial charge is 0.225 e. The first-order chi connectivity index (χ1) is 14.6. The molecule has 0 spiro atoms. The average Bonchev–Trinajstić information content (AvgIpc) is 3.35. The summed E-state index contributed by atoms with van der Waals surface area (Å²) in [5.41, 5.74) is 3.06. The minimum atomic E-state index is 0.144. The lowest BCUT2D eigenvalue weighted by atomic mass is 10.2. The lowest BCUT2D eigenvalue weighted by Crippen LogP contribution is -2.45. The molecule has 0 aliphatic carbocycles. The van der Waals surface area contributed by atoms with E-state index in [4.69, 9.17) is 14.5 Å². The number of aryl methyl sites for hydroxylation is 2. The van der Waals surface area contributed by atoms with Gasteiger partial charge in [0, 0.05) is 44.1 Å². The van der Waals surface area contributed by atoms with E-state index in [1.54, 1.807) is 4.68 Å². The number of nitrogens with zero attached hydrogens (tertiary/aromatic N) is 5. The number of fused-ring (bicyclic) bond motifs is 1. The van der Waals surface area contributed by atoms with Crippen molar-refractivity contribution in [2.24, 2.45) is 7.05 Å². The van der Waals surface area contributed by atoms with E-state index in [0.717, 1.165) is 48.2 Å². The van der Waals surface area contributed by atoms with Gasteiger partial charge in [0.25, 0.3) is 0 Å². The largest absolute Gasteiger partial charge is 0.488 e. The fourth-order valence-electron chi connectivity index (χ4n) is 4.00. The molecule has 1 aromatic carbocycles. The molecule has 1 saturated heterocycles. The monoisotopic (exact) mass is 406 g/mol. The third-order valence-corrected chi connectivity index (χ3v) is 5.57. The number of ether oxygens (including phenoxy) is 2. The Labute approximate surface area is 175 Å². The summed E-state index contributed by atoms with van der Waals surface area (Å²) >= 11 is 0. The predicted molar refractivity (Wildman–Crippen MR) is 114 cm³/mol.